The van der Waals surface area contributed by atoms with Crippen molar-refractivity contribution in [1.82, 2.24) is 15.1 Å². The van der Waals surface area contributed by atoms with Crippen LogP contribution >= 0.6 is 35.6 Å². The molecule has 0 atom stereocenters. The number of piperazine rings is 1. The van der Waals surface area contributed by atoms with Crippen molar-refractivity contribution in [3.05, 3.63) is 64.7 Å². The summed E-state index contributed by atoms with van der Waals surface area (Å²) in [5.74, 6) is 1.28. The molecule has 1 saturated heterocycles. The van der Waals surface area contributed by atoms with E-state index in [1.807, 2.05) is 41.3 Å². The molecule has 0 saturated carbocycles. The highest BCUT2D eigenvalue weighted by atomic mass is 127. The molecule has 0 bridgehead atoms. The molecule has 1 aliphatic heterocycles. The van der Waals surface area contributed by atoms with Gasteiger partial charge in [0.25, 0.3) is 0 Å². The topological polar surface area (TPSA) is 68.2 Å². The van der Waals surface area contributed by atoms with Crippen LogP contribution in [-0.4, -0.2) is 66.0 Å². The van der Waals surface area contributed by atoms with E-state index in [1.54, 1.807) is 12.1 Å². The Morgan fingerprint density at radius 2 is 1.74 bits per heavy atom. The molecule has 2 aromatic carbocycles. The van der Waals surface area contributed by atoms with Crippen molar-refractivity contribution >= 4 is 47.4 Å². The molecule has 0 aromatic heterocycles. The van der Waals surface area contributed by atoms with Crippen molar-refractivity contribution in [1.29, 1.82) is 0 Å². The Balaban J connectivity index is 0.00000341. The lowest BCUT2D eigenvalue weighted by Crippen LogP contribution is -2.54. The van der Waals surface area contributed by atoms with Crippen molar-refractivity contribution in [2.75, 3.05) is 39.3 Å². The summed E-state index contributed by atoms with van der Waals surface area (Å²) in [6, 6.07) is 14.7. The number of halogens is 2. The molecule has 1 fully saturated rings. The second-order valence-corrected chi connectivity index (χ2v) is 7.77. The van der Waals surface area contributed by atoms with Crippen LogP contribution in [0.4, 0.5) is 0 Å². The lowest BCUT2D eigenvalue weighted by molar-refractivity contribution is -0.131. The van der Waals surface area contributed by atoms with Gasteiger partial charge >= 0.3 is 0 Å². The number of hydrogen-bond donors (Lipinski definition) is 2. The maximum absolute atomic E-state index is 12.6. The predicted octanol–water partition coefficient (Wildman–Crippen LogP) is 3.56. The molecular formula is C23H30ClIN4O2. The molecule has 0 radical (unpaired) electrons. The fraction of sp³-hybridized carbons (Fsp3) is 0.391. The molecule has 1 amide bonds. The van der Waals surface area contributed by atoms with Gasteiger partial charge in [0.15, 0.2) is 5.96 Å². The number of carbonyl (C=O) groups is 1. The second-order valence-electron chi connectivity index (χ2n) is 7.33. The zero-order valence-corrected chi connectivity index (χ0v) is 20.8. The first-order chi connectivity index (χ1) is 14.5. The Morgan fingerprint density at radius 3 is 2.42 bits per heavy atom. The molecule has 8 heteroatoms. The number of rotatable bonds is 6. The first-order valence-electron chi connectivity index (χ1n) is 10.4. The summed E-state index contributed by atoms with van der Waals surface area (Å²) in [4.78, 5) is 21.5. The third-order valence-electron chi connectivity index (χ3n) is 5.08. The van der Waals surface area contributed by atoms with Gasteiger partial charge in [-0.25, -0.2) is 0 Å². The van der Waals surface area contributed by atoms with E-state index in [4.69, 9.17) is 16.6 Å². The van der Waals surface area contributed by atoms with E-state index in [0.717, 1.165) is 43.1 Å². The molecule has 3 rings (SSSR count). The van der Waals surface area contributed by atoms with Gasteiger partial charge < -0.3 is 20.2 Å². The molecule has 0 unspecified atom stereocenters. The molecule has 2 N–H and O–H groups in total. The van der Waals surface area contributed by atoms with E-state index in [9.17, 15) is 9.90 Å². The zero-order valence-electron chi connectivity index (χ0n) is 17.8. The van der Waals surface area contributed by atoms with E-state index in [2.05, 4.69) is 17.1 Å². The van der Waals surface area contributed by atoms with Crippen LogP contribution in [0.3, 0.4) is 0 Å². The number of benzene rings is 2. The third kappa shape index (κ3) is 7.88. The van der Waals surface area contributed by atoms with E-state index in [-0.39, 0.29) is 35.6 Å². The molecule has 0 aliphatic carbocycles. The number of aliphatic imine (C=N–C) groups is 1. The van der Waals surface area contributed by atoms with Gasteiger partial charge in [-0.3, -0.25) is 9.79 Å². The van der Waals surface area contributed by atoms with E-state index < -0.39 is 0 Å². The van der Waals surface area contributed by atoms with Gasteiger partial charge in [-0.15, -0.1) is 24.0 Å². The first kappa shape index (κ1) is 25.3. The second kappa shape index (κ2) is 12.8. The zero-order chi connectivity index (χ0) is 21.3. The first-order valence-corrected chi connectivity index (χ1v) is 10.8. The highest BCUT2D eigenvalue weighted by Crippen LogP contribution is 2.14. The van der Waals surface area contributed by atoms with Gasteiger partial charge in [-0.05, 0) is 48.7 Å². The minimum Gasteiger partial charge on any atom is -0.508 e. The van der Waals surface area contributed by atoms with Crippen LogP contribution in [0.25, 0.3) is 0 Å². The number of guanidine groups is 1. The van der Waals surface area contributed by atoms with Crippen molar-refractivity contribution in [2.45, 2.75) is 19.8 Å². The molecule has 6 nitrogen and oxygen atoms in total. The summed E-state index contributed by atoms with van der Waals surface area (Å²) in [5.41, 5.74) is 2.00. The number of nitrogens with zero attached hydrogens (tertiary/aromatic N) is 3. The minimum absolute atomic E-state index is 0. The molecule has 31 heavy (non-hydrogen) atoms. The Labute approximate surface area is 206 Å². The van der Waals surface area contributed by atoms with Gasteiger partial charge in [-0.1, -0.05) is 35.9 Å². The average molecular weight is 557 g/mol. The van der Waals surface area contributed by atoms with E-state index in [1.165, 1.54) is 0 Å². The quantitative estimate of drug-likeness (QED) is 0.324. The third-order valence-corrected chi connectivity index (χ3v) is 5.32. The van der Waals surface area contributed by atoms with Crippen LogP contribution in [0.1, 0.15) is 18.1 Å². The number of phenols is 1. The Kier molecular flexibility index (Phi) is 10.4. The molecule has 168 valence electrons. The number of phenolic OH excluding ortho intramolecular Hbond substituents is 1. The maximum Gasteiger partial charge on any atom is 0.227 e. The summed E-state index contributed by atoms with van der Waals surface area (Å²) in [5, 5.41) is 13.6. The van der Waals surface area contributed by atoms with Crippen molar-refractivity contribution in [3.8, 4) is 5.75 Å². The fourth-order valence-corrected chi connectivity index (χ4v) is 3.74. The summed E-state index contributed by atoms with van der Waals surface area (Å²) >= 11 is 6.02. The van der Waals surface area contributed by atoms with Crippen molar-refractivity contribution in [2.24, 2.45) is 4.99 Å². The van der Waals surface area contributed by atoms with Crippen molar-refractivity contribution in [3.63, 3.8) is 0 Å². The Hall–Kier alpha value is -2.00. The monoisotopic (exact) mass is 556 g/mol. The number of nitrogens with one attached hydrogen (secondary N) is 1. The highest BCUT2D eigenvalue weighted by Gasteiger charge is 2.23. The van der Waals surface area contributed by atoms with Crippen LogP contribution in [-0.2, 0) is 17.6 Å². The lowest BCUT2D eigenvalue weighted by atomic mass is 10.1. The predicted molar refractivity (Wildman–Crippen MR) is 137 cm³/mol. The molecule has 1 aliphatic rings. The summed E-state index contributed by atoms with van der Waals surface area (Å²) in [7, 11) is 0. The molecular weight excluding hydrogens is 527 g/mol. The van der Waals surface area contributed by atoms with Crippen LogP contribution in [0.5, 0.6) is 5.75 Å². The van der Waals surface area contributed by atoms with Gasteiger partial charge in [0.1, 0.15) is 5.75 Å². The van der Waals surface area contributed by atoms with Gasteiger partial charge in [-0.2, -0.15) is 0 Å². The summed E-state index contributed by atoms with van der Waals surface area (Å²) < 4.78 is 0. The smallest absolute Gasteiger partial charge is 0.227 e. The summed E-state index contributed by atoms with van der Waals surface area (Å²) in [6.45, 7) is 6.33. The van der Waals surface area contributed by atoms with E-state index >= 15 is 0 Å². The number of carbonyl (C=O) groups excluding carboxylic acids is 1. The van der Waals surface area contributed by atoms with Gasteiger partial charge in [0, 0.05) is 44.3 Å². The maximum atomic E-state index is 12.6. The van der Waals surface area contributed by atoms with Crippen LogP contribution < -0.4 is 5.32 Å². The van der Waals surface area contributed by atoms with Crippen molar-refractivity contribution < 1.29 is 9.90 Å². The largest absolute Gasteiger partial charge is 0.508 e. The number of aromatic hydroxyl groups is 1. The standard InChI is InChI=1S/C23H29ClN4O2.HI/c1-2-25-23(26-10-9-18-5-4-8-21(29)16-18)28-13-11-27(12-14-28)22(30)17-19-6-3-7-20(24)15-19;/h3-8,15-16,29H,2,9-14,17H2,1H3,(H,25,26);1H. The Morgan fingerprint density at radius 1 is 1.06 bits per heavy atom. The molecule has 1 heterocycles. The Bertz CT molecular complexity index is 885. The number of hydrogen-bond acceptors (Lipinski definition) is 3. The lowest BCUT2D eigenvalue weighted by Gasteiger charge is -2.36. The van der Waals surface area contributed by atoms with Crippen LogP contribution in [0.2, 0.25) is 5.02 Å². The number of amides is 1. The normalized spacial score (nSPS) is 14.2. The van der Waals surface area contributed by atoms with E-state index in [0.29, 0.717) is 31.1 Å². The highest BCUT2D eigenvalue weighted by molar-refractivity contribution is 14.0. The minimum atomic E-state index is 0. The van der Waals surface area contributed by atoms with Gasteiger partial charge in [0.05, 0.1) is 6.42 Å². The SMILES string of the molecule is CCNC(=NCCc1cccc(O)c1)N1CCN(C(=O)Cc2cccc(Cl)c2)CC1.I. The van der Waals surface area contributed by atoms with Crippen LogP contribution in [0, 0.1) is 0 Å². The summed E-state index contributed by atoms with van der Waals surface area (Å²) in [6.07, 6.45) is 1.14. The molecule has 2 aromatic rings. The average Bonchev–Trinajstić information content (AvgIpc) is 2.73. The molecule has 0 spiro atoms. The van der Waals surface area contributed by atoms with Gasteiger partial charge in [0.2, 0.25) is 5.91 Å². The van der Waals surface area contributed by atoms with Crippen LogP contribution in [0.15, 0.2) is 53.5 Å². The fourth-order valence-electron chi connectivity index (χ4n) is 3.53.